The van der Waals surface area contributed by atoms with E-state index in [1.807, 2.05) is 54.6 Å². The van der Waals surface area contributed by atoms with E-state index in [0.717, 1.165) is 15.6 Å². The summed E-state index contributed by atoms with van der Waals surface area (Å²) < 4.78 is 2.40. The molecule has 0 aliphatic heterocycles. The van der Waals surface area contributed by atoms with Crippen LogP contribution < -0.4 is 11.2 Å². The summed E-state index contributed by atoms with van der Waals surface area (Å²) in [5.74, 6) is 7.25. The van der Waals surface area contributed by atoms with Crippen LogP contribution in [0.5, 0.6) is 0 Å². The summed E-state index contributed by atoms with van der Waals surface area (Å²) in [5.41, 5.74) is 1.95. The number of amides is 1. The fourth-order valence-electron chi connectivity index (χ4n) is 2.32. The van der Waals surface area contributed by atoms with Crippen LogP contribution in [0.15, 0.2) is 64.2 Å². The number of rotatable bonds is 7. The standard InChI is InChI=1S/C18H18BrN5OS/c19-15-8-4-7-14(11-15)17-22-23-18(24(17)20)26-10-9-16(25)21-12-13-5-2-1-3-6-13/h1-8,11H,9-10,12,20H2,(H,21,25). The molecule has 26 heavy (non-hydrogen) atoms. The van der Waals surface area contributed by atoms with Gasteiger partial charge in [-0.15, -0.1) is 10.2 Å². The number of carbonyl (C=O) groups is 1. The van der Waals surface area contributed by atoms with Crippen LogP contribution in [0.2, 0.25) is 0 Å². The molecule has 0 saturated carbocycles. The van der Waals surface area contributed by atoms with Gasteiger partial charge in [0, 0.05) is 28.8 Å². The van der Waals surface area contributed by atoms with Crippen LogP contribution in [0.1, 0.15) is 12.0 Å². The molecule has 2 aromatic carbocycles. The minimum atomic E-state index is -0.00310. The van der Waals surface area contributed by atoms with Crippen molar-refractivity contribution in [3.63, 3.8) is 0 Å². The maximum absolute atomic E-state index is 12.0. The molecule has 0 atom stereocenters. The second-order valence-electron chi connectivity index (χ2n) is 5.55. The van der Waals surface area contributed by atoms with E-state index in [0.29, 0.717) is 29.7 Å². The summed E-state index contributed by atoms with van der Waals surface area (Å²) in [5, 5.41) is 11.7. The van der Waals surface area contributed by atoms with E-state index in [2.05, 4.69) is 31.4 Å². The molecule has 0 radical (unpaired) electrons. The Morgan fingerprint density at radius 2 is 1.96 bits per heavy atom. The van der Waals surface area contributed by atoms with Crippen molar-refractivity contribution in [1.29, 1.82) is 0 Å². The smallest absolute Gasteiger partial charge is 0.221 e. The fourth-order valence-corrected chi connectivity index (χ4v) is 3.51. The van der Waals surface area contributed by atoms with Crippen LogP contribution in [0.25, 0.3) is 11.4 Å². The van der Waals surface area contributed by atoms with Gasteiger partial charge < -0.3 is 11.2 Å². The SMILES string of the molecule is Nn1c(SCCC(=O)NCc2ccccc2)nnc1-c1cccc(Br)c1. The number of nitrogen functional groups attached to an aromatic ring is 1. The van der Waals surface area contributed by atoms with Gasteiger partial charge in [-0.3, -0.25) is 4.79 Å². The lowest BCUT2D eigenvalue weighted by atomic mass is 10.2. The molecule has 1 heterocycles. The number of nitrogens with two attached hydrogens (primary N) is 1. The molecule has 0 fully saturated rings. The second kappa shape index (κ2) is 8.86. The third-order valence-corrected chi connectivity index (χ3v) is 5.08. The summed E-state index contributed by atoms with van der Waals surface area (Å²) in [6, 6.07) is 17.5. The van der Waals surface area contributed by atoms with Crippen LogP contribution in [0.4, 0.5) is 0 Å². The maximum Gasteiger partial charge on any atom is 0.221 e. The van der Waals surface area contributed by atoms with Crippen molar-refractivity contribution in [3.8, 4) is 11.4 Å². The number of aromatic nitrogens is 3. The molecule has 3 rings (SSSR count). The van der Waals surface area contributed by atoms with Gasteiger partial charge in [-0.25, -0.2) is 4.68 Å². The average molecular weight is 432 g/mol. The van der Waals surface area contributed by atoms with Gasteiger partial charge in [-0.05, 0) is 17.7 Å². The second-order valence-corrected chi connectivity index (χ2v) is 7.53. The van der Waals surface area contributed by atoms with Gasteiger partial charge in [0.05, 0.1) is 0 Å². The van der Waals surface area contributed by atoms with E-state index in [-0.39, 0.29) is 5.91 Å². The Hall–Kier alpha value is -2.32. The predicted octanol–water partition coefficient (Wildman–Crippen LogP) is 3.22. The summed E-state index contributed by atoms with van der Waals surface area (Å²) in [6.45, 7) is 0.532. The van der Waals surface area contributed by atoms with Gasteiger partial charge in [0.25, 0.3) is 0 Å². The third-order valence-electron chi connectivity index (χ3n) is 3.64. The quantitative estimate of drug-likeness (QED) is 0.442. The van der Waals surface area contributed by atoms with Crippen molar-refractivity contribution >= 4 is 33.6 Å². The first-order valence-corrected chi connectivity index (χ1v) is 9.81. The zero-order valence-electron chi connectivity index (χ0n) is 13.9. The molecule has 1 amide bonds. The first-order valence-electron chi connectivity index (χ1n) is 8.03. The first kappa shape index (κ1) is 18.5. The van der Waals surface area contributed by atoms with Crippen LogP contribution in [0.3, 0.4) is 0 Å². The molecule has 0 unspecified atom stereocenters. The fraction of sp³-hybridized carbons (Fsp3) is 0.167. The van der Waals surface area contributed by atoms with E-state index >= 15 is 0 Å². The van der Waals surface area contributed by atoms with E-state index in [9.17, 15) is 4.79 Å². The predicted molar refractivity (Wildman–Crippen MR) is 107 cm³/mol. The number of carbonyl (C=O) groups excluding carboxylic acids is 1. The third kappa shape index (κ3) is 4.86. The van der Waals surface area contributed by atoms with Gasteiger partial charge in [-0.1, -0.05) is 70.2 Å². The molecule has 3 aromatic rings. The molecule has 0 bridgehead atoms. The summed E-state index contributed by atoms with van der Waals surface area (Å²) in [6.07, 6.45) is 0.385. The van der Waals surface area contributed by atoms with E-state index in [1.54, 1.807) is 0 Å². The summed E-state index contributed by atoms with van der Waals surface area (Å²) >= 11 is 4.84. The van der Waals surface area contributed by atoms with E-state index in [1.165, 1.54) is 16.4 Å². The lowest BCUT2D eigenvalue weighted by molar-refractivity contribution is -0.120. The molecule has 3 N–H and O–H groups in total. The molecule has 1 aromatic heterocycles. The highest BCUT2D eigenvalue weighted by Crippen LogP contribution is 2.24. The zero-order chi connectivity index (χ0) is 18.4. The molecular formula is C18H18BrN5OS. The minimum Gasteiger partial charge on any atom is -0.352 e. The Labute approximate surface area is 164 Å². The number of hydrogen-bond acceptors (Lipinski definition) is 5. The highest BCUT2D eigenvalue weighted by atomic mass is 79.9. The number of nitrogens with zero attached hydrogens (tertiary/aromatic N) is 3. The highest BCUT2D eigenvalue weighted by molar-refractivity contribution is 9.10. The Morgan fingerprint density at radius 3 is 2.73 bits per heavy atom. The molecule has 0 aliphatic rings. The van der Waals surface area contributed by atoms with Crippen molar-refractivity contribution in [2.75, 3.05) is 11.6 Å². The largest absolute Gasteiger partial charge is 0.352 e. The minimum absolute atomic E-state index is 0.00310. The molecule has 0 aliphatic carbocycles. The van der Waals surface area contributed by atoms with Crippen LogP contribution in [0, 0.1) is 0 Å². The number of thioether (sulfide) groups is 1. The molecule has 8 heteroatoms. The normalized spacial score (nSPS) is 10.7. The van der Waals surface area contributed by atoms with Gasteiger partial charge in [0.2, 0.25) is 11.1 Å². The van der Waals surface area contributed by atoms with Crippen LogP contribution in [-0.4, -0.2) is 26.5 Å². The van der Waals surface area contributed by atoms with Crippen LogP contribution >= 0.6 is 27.7 Å². The maximum atomic E-state index is 12.0. The van der Waals surface area contributed by atoms with E-state index in [4.69, 9.17) is 5.84 Å². The molecule has 0 saturated heterocycles. The lowest BCUT2D eigenvalue weighted by Gasteiger charge is -2.06. The van der Waals surface area contributed by atoms with Gasteiger partial charge in [0.15, 0.2) is 5.82 Å². The number of benzene rings is 2. The number of halogens is 1. The lowest BCUT2D eigenvalue weighted by Crippen LogP contribution is -2.23. The highest BCUT2D eigenvalue weighted by Gasteiger charge is 2.13. The van der Waals surface area contributed by atoms with Crippen molar-refractivity contribution in [2.45, 2.75) is 18.1 Å². The van der Waals surface area contributed by atoms with E-state index < -0.39 is 0 Å². The van der Waals surface area contributed by atoms with Gasteiger partial charge in [-0.2, -0.15) is 0 Å². The first-order chi connectivity index (χ1) is 12.6. The zero-order valence-corrected chi connectivity index (χ0v) is 16.3. The Bertz CT molecular complexity index is 884. The van der Waals surface area contributed by atoms with Crippen LogP contribution in [-0.2, 0) is 11.3 Å². The molecule has 0 spiro atoms. The van der Waals surface area contributed by atoms with Crippen molar-refractivity contribution in [1.82, 2.24) is 20.2 Å². The molecule has 6 nitrogen and oxygen atoms in total. The average Bonchev–Trinajstić information content (AvgIpc) is 3.02. The van der Waals surface area contributed by atoms with Crippen molar-refractivity contribution < 1.29 is 4.79 Å². The van der Waals surface area contributed by atoms with Gasteiger partial charge >= 0.3 is 0 Å². The number of nitrogens with one attached hydrogen (secondary N) is 1. The Kier molecular flexibility index (Phi) is 6.30. The van der Waals surface area contributed by atoms with Gasteiger partial charge in [0.1, 0.15) is 0 Å². The number of hydrogen-bond donors (Lipinski definition) is 2. The summed E-state index contributed by atoms with van der Waals surface area (Å²) in [4.78, 5) is 12.0. The Balaban J connectivity index is 1.50. The monoisotopic (exact) mass is 431 g/mol. The topological polar surface area (TPSA) is 85.8 Å². The summed E-state index contributed by atoms with van der Waals surface area (Å²) in [7, 11) is 0. The molecule has 134 valence electrons. The Morgan fingerprint density at radius 1 is 1.15 bits per heavy atom. The molecular weight excluding hydrogens is 414 g/mol. The van der Waals surface area contributed by atoms with Crippen molar-refractivity contribution in [3.05, 3.63) is 64.6 Å². The van der Waals surface area contributed by atoms with Crippen molar-refractivity contribution in [2.24, 2.45) is 0 Å².